The lowest BCUT2D eigenvalue weighted by Gasteiger charge is -2.27. The van der Waals surface area contributed by atoms with Crippen LogP contribution in [0.4, 0.5) is 5.82 Å². The summed E-state index contributed by atoms with van der Waals surface area (Å²) in [4.78, 5) is 15.1. The normalized spacial score (nSPS) is 27.6. The first-order valence-electron chi connectivity index (χ1n) is 5.41. The van der Waals surface area contributed by atoms with Gasteiger partial charge in [-0.25, -0.2) is 4.79 Å². The van der Waals surface area contributed by atoms with Crippen molar-refractivity contribution in [1.29, 1.82) is 0 Å². The first-order chi connectivity index (χ1) is 8.80. The van der Waals surface area contributed by atoms with E-state index in [1.54, 1.807) is 0 Å². The Bertz CT molecular complexity index is 642. The molecule has 0 bridgehead atoms. The third kappa shape index (κ3) is 2.23. The van der Waals surface area contributed by atoms with Crippen LogP contribution in [-0.2, 0) is 19.9 Å². The third-order valence-corrected chi connectivity index (χ3v) is 4.24. The largest absolute Gasteiger partial charge is 0.394 e. The summed E-state index contributed by atoms with van der Waals surface area (Å²) in [5.41, 5.74) is 4.35. The van der Waals surface area contributed by atoms with E-state index in [0.29, 0.717) is 4.57 Å². The lowest BCUT2D eigenvalue weighted by molar-refractivity contribution is -0.0601. The second-order valence-corrected chi connectivity index (χ2v) is 5.74. The highest BCUT2D eigenvalue weighted by Crippen LogP contribution is 2.38. The Kier molecular flexibility index (Phi) is 3.34. The number of nitrogens with two attached hydrogens (primary N) is 1. The summed E-state index contributed by atoms with van der Waals surface area (Å²) in [6.07, 6.45) is 0.291. The average Bonchev–Trinajstić information content (AvgIpc) is 2.73. The quantitative estimate of drug-likeness (QED) is 0.570. The minimum absolute atomic E-state index is 0.0801. The van der Waals surface area contributed by atoms with Crippen molar-refractivity contribution in [3.63, 3.8) is 0 Å². The van der Waals surface area contributed by atoms with Gasteiger partial charge in [-0.3, -0.25) is 9.12 Å². The van der Waals surface area contributed by atoms with Crippen LogP contribution in [0.5, 0.6) is 0 Å². The zero-order valence-corrected chi connectivity index (χ0v) is 10.6. The topological polar surface area (TPSA) is 145 Å². The monoisotopic (exact) mass is 291 g/mol. The molecule has 106 valence electrons. The van der Waals surface area contributed by atoms with Gasteiger partial charge in [0, 0.05) is 12.6 Å². The summed E-state index contributed by atoms with van der Waals surface area (Å²) in [5, 5.41) is 6.73. The first-order valence-corrected chi connectivity index (χ1v) is 6.85. The number of nitrogens with zero attached hydrogens (tertiary/aromatic N) is 2. The Morgan fingerprint density at radius 2 is 2.32 bits per heavy atom. The van der Waals surface area contributed by atoms with Gasteiger partial charge in [-0.2, -0.15) is 13.4 Å². The van der Waals surface area contributed by atoms with Crippen molar-refractivity contribution in [3.8, 4) is 0 Å². The Labute approximate surface area is 108 Å². The van der Waals surface area contributed by atoms with E-state index in [-0.39, 0.29) is 18.7 Å². The molecule has 1 saturated heterocycles. The summed E-state index contributed by atoms with van der Waals surface area (Å²) in [7, 11) is -4.75. The van der Waals surface area contributed by atoms with Crippen LogP contribution in [0.1, 0.15) is 12.8 Å². The first kappa shape index (κ1) is 13.9. The molecule has 1 aromatic rings. The molecule has 9 nitrogen and oxygen atoms in total. The fourth-order valence-electron chi connectivity index (χ4n) is 2.02. The molecule has 2 heterocycles. The van der Waals surface area contributed by atoms with E-state index in [0.717, 1.165) is 6.20 Å². The highest BCUT2D eigenvalue weighted by Gasteiger charge is 2.53. The van der Waals surface area contributed by atoms with Crippen molar-refractivity contribution >= 4 is 15.9 Å². The number of aliphatic hydroxyl groups excluding tert-OH is 1. The molecule has 0 unspecified atom stereocenters. The van der Waals surface area contributed by atoms with Crippen LogP contribution in [0.25, 0.3) is 0 Å². The molecule has 10 heteroatoms. The van der Waals surface area contributed by atoms with E-state index in [4.69, 9.17) is 15.6 Å². The summed E-state index contributed by atoms with van der Waals surface area (Å²) in [5.74, 6) is -0.0801. The van der Waals surface area contributed by atoms with Gasteiger partial charge < -0.3 is 15.6 Å². The Morgan fingerprint density at radius 1 is 1.63 bits per heavy atom. The molecular weight excluding hydrogens is 278 g/mol. The standard InChI is InChI=1S/C9H13N3O6S/c10-7-2-4-12(8(14)11-7)9(19(15,16)17)3-1-6(5-13)18-9/h2,4,6,13H,1,3,5H2,(H2,10,11,14)(H,15,16,17)/t6-,9-/m0/s1. The number of hydrogen-bond donors (Lipinski definition) is 3. The average molecular weight is 291 g/mol. The van der Waals surface area contributed by atoms with Crippen molar-refractivity contribution in [2.75, 3.05) is 12.3 Å². The Hall–Kier alpha value is -1.49. The van der Waals surface area contributed by atoms with Crippen LogP contribution < -0.4 is 11.4 Å². The zero-order valence-electron chi connectivity index (χ0n) is 9.76. The second-order valence-electron chi connectivity index (χ2n) is 4.15. The van der Waals surface area contributed by atoms with Crippen LogP contribution in [-0.4, -0.2) is 40.3 Å². The Balaban J connectivity index is 2.61. The number of hydrogen-bond acceptors (Lipinski definition) is 7. The highest BCUT2D eigenvalue weighted by molar-refractivity contribution is 7.86. The predicted molar refractivity (Wildman–Crippen MR) is 63.6 cm³/mol. The lowest BCUT2D eigenvalue weighted by atomic mass is 10.2. The molecule has 0 amide bonds. The van der Waals surface area contributed by atoms with Gasteiger partial charge >= 0.3 is 15.8 Å². The van der Waals surface area contributed by atoms with E-state index in [2.05, 4.69) is 4.98 Å². The molecule has 2 atom stereocenters. The minimum atomic E-state index is -4.75. The summed E-state index contributed by atoms with van der Waals surface area (Å²) in [6.45, 7) is -0.422. The molecule has 0 aromatic carbocycles. The van der Waals surface area contributed by atoms with Gasteiger partial charge in [0.05, 0.1) is 12.7 Å². The van der Waals surface area contributed by atoms with Gasteiger partial charge in [-0.1, -0.05) is 0 Å². The molecule has 2 rings (SSSR count). The zero-order chi connectivity index (χ0) is 14.3. The van der Waals surface area contributed by atoms with Gasteiger partial charge in [-0.05, 0) is 12.5 Å². The highest BCUT2D eigenvalue weighted by atomic mass is 32.2. The lowest BCUT2D eigenvalue weighted by Crippen LogP contribution is -2.48. The maximum Gasteiger partial charge on any atom is 0.352 e. The maximum atomic E-state index is 11.7. The van der Waals surface area contributed by atoms with E-state index < -0.39 is 33.6 Å². The third-order valence-electron chi connectivity index (χ3n) is 2.93. The number of aromatic nitrogens is 2. The van der Waals surface area contributed by atoms with Gasteiger partial charge in [0.1, 0.15) is 5.82 Å². The van der Waals surface area contributed by atoms with Crippen molar-refractivity contribution in [3.05, 3.63) is 22.7 Å². The van der Waals surface area contributed by atoms with E-state index in [1.807, 2.05) is 0 Å². The van der Waals surface area contributed by atoms with Crippen molar-refractivity contribution < 1.29 is 22.8 Å². The number of ether oxygens (including phenoxy) is 1. The van der Waals surface area contributed by atoms with Crippen LogP contribution in [0.2, 0.25) is 0 Å². The van der Waals surface area contributed by atoms with Crippen LogP contribution in [0.15, 0.2) is 17.1 Å². The van der Waals surface area contributed by atoms with E-state index in [1.165, 1.54) is 6.07 Å². The summed E-state index contributed by atoms with van der Waals surface area (Å²) >= 11 is 0. The smallest absolute Gasteiger partial charge is 0.352 e. The molecule has 1 aromatic heterocycles. The number of anilines is 1. The predicted octanol–water partition coefficient (Wildman–Crippen LogP) is -1.51. The van der Waals surface area contributed by atoms with Gasteiger partial charge in [0.2, 0.25) is 0 Å². The second kappa shape index (κ2) is 4.56. The molecule has 4 N–H and O–H groups in total. The maximum absolute atomic E-state index is 11.7. The molecule has 1 aliphatic heterocycles. The van der Waals surface area contributed by atoms with Gasteiger partial charge in [-0.15, -0.1) is 0 Å². The molecule has 19 heavy (non-hydrogen) atoms. The van der Waals surface area contributed by atoms with Crippen LogP contribution in [0.3, 0.4) is 0 Å². The minimum Gasteiger partial charge on any atom is -0.394 e. The fourth-order valence-corrected chi connectivity index (χ4v) is 3.04. The summed E-state index contributed by atoms with van der Waals surface area (Å²) in [6, 6.07) is 1.21. The molecule has 0 aliphatic carbocycles. The van der Waals surface area contributed by atoms with E-state index in [9.17, 15) is 17.8 Å². The molecular formula is C9H13N3O6S. The van der Waals surface area contributed by atoms with Gasteiger partial charge in [0.25, 0.3) is 5.06 Å². The fraction of sp³-hybridized carbons (Fsp3) is 0.556. The van der Waals surface area contributed by atoms with Crippen molar-refractivity contribution in [2.45, 2.75) is 24.0 Å². The number of nitrogen functional groups attached to an aromatic ring is 1. The molecule has 0 radical (unpaired) electrons. The molecule has 0 spiro atoms. The van der Waals surface area contributed by atoms with Crippen molar-refractivity contribution in [1.82, 2.24) is 9.55 Å². The molecule has 1 aliphatic rings. The van der Waals surface area contributed by atoms with Crippen molar-refractivity contribution in [2.24, 2.45) is 0 Å². The Morgan fingerprint density at radius 3 is 2.79 bits per heavy atom. The number of rotatable bonds is 3. The molecule has 1 fully saturated rings. The number of aliphatic hydroxyl groups is 1. The van der Waals surface area contributed by atoms with E-state index >= 15 is 0 Å². The summed E-state index contributed by atoms with van der Waals surface area (Å²) < 4.78 is 38.4. The van der Waals surface area contributed by atoms with Crippen LogP contribution in [0, 0.1) is 0 Å². The van der Waals surface area contributed by atoms with Crippen LogP contribution >= 0.6 is 0 Å². The van der Waals surface area contributed by atoms with Gasteiger partial charge in [0.15, 0.2) is 0 Å². The SMILES string of the molecule is Nc1ccn([C@@]2(S(=O)(=O)O)CC[C@@H](CO)O2)c(=O)n1. The molecule has 0 saturated carbocycles.